The summed E-state index contributed by atoms with van der Waals surface area (Å²) >= 11 is 1.88. The quantitative estimate of drug-likeness (QED) is 0.828. The van der Waals surface area contributed by atoms with Crippen LogP contribution in [-0.4, -0.2) is 58.2 Å². The van der Waals surface area contributed by atoms with Crippen molar-refractivity contribution in [2.75, 3.05) is 24.6 Å². The lowest BCUT2D eigenvalue weighted by Crippen LogP contribution is -2.54. The van der Waals surface area contributed by atoms with Crippen LogP contribution in [0.25, 0.3) is 0 Å². The number of carbonyl (C=O) groups excluding carboxylic acids is 1. The van der Waals surface area contributed by atoms with Crippen LogP contribution in [0.15, 0.2) is 0 Å². The maximum atomic E-state index is 12.4. The van der Waals surface area contributed by atoms with E-state index in [1.54, 1.807) is 0 Å². The highest BCUT2D eigenvalue weighted by Gasteiger charge is 2.33. The fourth-order valence-corrected chi connectivity index (χ4v) is 4.40. The largest absolute Gasteiger partial charge is 0.388 e. The van der Waals surface area contributed by atoms with Gasteiger partial charge in [0.15, 0.2) is 0 Å². The molecule has 0 radical (unpaired) electrons. The second kappa shape index (κ2) is 7.14. The molecule has 1 unspecified atom stereocenters. The summed E-state index contributed by atoms with van der Waals surface area (Å²) in [5.41, 5.74) is -0.682. The third-order valence-corrected chi connectivity index (χ3v) is 5.51. The molecule has 1 atom stereocenters. The summed E-state index contributed by atoms with van der Waals surface area (Å²) in [4.78, 5) is 14.7. The van der Waals surface area contributed by atoms with E-state index in [1.165, 1.54) is 6.42 Å². The van der Waals surface area contributed by atoms with Crippen LogP contribution in [0.2, 0.25) is 0 Å². The van der Waals surface area contributed by atoms with Gasteiger partial charge in [0.05, 0.1) is 11.6 Å². The number of hydrogen-bond donors (Lipinski definition) is 2. The van der Waals surface area contributed by atoms with Crippen molar-refractivity contribution in [1.29, 1.82) is 0 Å². The maximum Gasteiger partial charge on any atom is 0.237 e. The first-order valence-corrected chi connectivity index (χ1v) is 9.01. The monoisotopic (exact) mass is 300 g/mol. The molecule has 2 aliphatic heterocycles. The van der Waals surface area contributed by atoms with Crippen LogP contribution in [0.1, 0.15) is 46.0 Å². The molecular formula is C15H28N2O2S. The lowest BCUT2D eigenvalue weighted by Gasteiger charge is -2.38. The van der Waals surface area contributed by atoms with Gasteiger partial charge in [-0.1, -0.05) is 6.42 Å². The molecule has 0 aromatic heterocycles. The van der Waals surface area contributed by atoms with Crippen LogP contribution < -0.4 is 5.32 Å². The van der Waals surface area contributed by atoms with Gasteiger partial charge in [-0.3, -0.25) is 9.69 Å². The minimum atomic E-state index is -0.682. The molecule has 2 aliphatic rings. The standard InChI is InChI=1S/C15H28N2O2S/c1-12(2)17-8-4-3-5-13(17)14(18)16-11-15(19)6-9-20-10-7-15/h12-13,19H,3-11H2,1-2H3,(H,16,18). The summed E-state index contributed by atoms with van der Waals surface area (Å²) in [6.45, 7) is 5.72. The van der Waals surface area contributed by atoms with E-state index in [2.05, 4.69) is 24.1 Å². The summed E-state index contributed by atoms with van der Waals surface area (Å²) < 4.78 is 0. The Balaban J connectivity index is 1.86. The molecule has 5 heteroatoms. The van der Waals surface area contributed by atoms with Gasteiger partial charge in [0.1, 0.15) is 0 Å². The number of aliphatic hydroxyl groups is 1. The molecule has 2 N–H and O–H groups in total. The number of hydrogen-bond acceptors (Lipinski definition) is 4. The van der Waals surface area contributed by atoms with Gasteiger partial charge in [-0.05, 0) is 57.6 Å². The van der Waals surface area contributed by atoms with E-state index in [-0.39, 0.29) is 11.9 Å². The van der Waals surface area contributed by atoms with Gasteiger partial charge in [-0.2, -0.15) is 11.8 Å². The van der Waals surface area contributed by atoms with Gasteiger partial charge < -0.3 is 10.4 Å². The van der Waals surface area contributed by atoms with Gasteiger partial charge in [-0.25, -0.2) is 0 Å². The molecule has 0 aliphatic carbocycles. The van der Waals surface area contributed by atoms with E-state index < -0.39 is 5.60 Å². The number of thioether (sulfide) groups is 1. The van der Waals surface area contributed by atoms with E-state index in [4.69, 9.17) is 0 Å². The average molecular weight is 300 g/mol. The summed E-state index contributed by atoms with van der Waals surface area (Å²) in [6.07, 6.45) is 4.83. The van der Waals surface area contributed by atoms with Crippen LogP contribution in [-0.2, 0) is 4.79 Å². The van der Waals surface area contributed by atoms with Crippen molar-refractivity contribution in [3.05, 3.63) is 0 Å². The Labute approximate surface area is 126 Å². The van der Waals surface area contributed by atoms with Crippen LogP contribution >= 0.6 is 11.8 Å². The smallest absolute Gasteiger partial charge is 0.237 e. The second-order valence-electron chi connectivity index (χ2n) is 6.40. The lowest BCUT2D eigenvalue weighted by molar-refractivity contribution is -0.129. The normalized spacial score (nSPS) is 27.5. The van der Waals surface area contributed by atoms with Gasteiger partial charge in [0, 0.05) is 12.6 Å². The number of nitrogens with zero attached hydrogens (tertiary/aromatic N) is 1. The highest BCUT2D eigenvalue weighted by atomic mass is 32.2. The predicted molar refractivity (Wildman–Crippen MR) is 84.0 cm³/mol. The van der Waals surface area contributed by atoms with Gasteiger partial charge in [-0.15, -0.1) is 0 Å². The molecule has 0 spiro atoms. The Morgan fingerprint density at radius 3 is 2.75 bits per heavy atom. The van der Waals surface area contributed by atoms with E-state index >= 15 is 0 Å². The lowest BCUT2D eigenvalue weighted by atomic mass is 9.95. The average Bonchev–Trinajstić information content (AvgIpc) is 2.45. The van der Waals surface area contributed by atoms with E-state index in [0.717, 1.165) is 43.7 Å². The Kier molecular flexibility index (Phi) is 5.75. The predicted octanol–water partition coefficient (Wildman–Crippen LogP) is 1.62. The van der Waals surface area contributed by atoms with Crippen LogP contribution in [0.3, 0.4) is 0 Å². The molecule has 0 bridgehead atoms. The number of rotatable bonds is 4. The molecule has 0 aromatic rings. The summed E-state index contributed by atoms with van der Waals surface area (Å²) in [6, 6.07) is 0.394. The number of piperidine rings is 1. The van der Waals surface area contributed by atoms with E-state index in [0.29, 0.717) is 12.6 Å². The SMILES string of the molecule is CC(C)N1CCCCC1C(=O)NCC1(O)CCSCC1. The molecule has 0 saturated carbocycles. The van der Waals surface area contributed by atoms with Crippen molar-refractivity contribution < 1.29 is 9.90 Å². The number of likely N-dealkylation sites (tertiary alicyclic amines) is 1. The van der Waals surface area contributed by atoms with E-state index in [9.17, 15) is 9.90 Å². The summed E-state index contributed by atoms with van der Waals surface area (Å²) in [5.74, 6) is 2.09. The Morgan fingerprint density at radius 1 is 1.40 bits per heavy atom. The topological polar surface area (TPSA) is 52.6 Å². The highest BCUT2D eigenvalue weighted by molar-refractivity contribution is 7.99. The van der Waals surface area contributed by atoms with Crippen LogP contribution in [0, 0.1) is 0 Å². The first kappa shape index (κ1) is 16.1. The van der Waals surface area contributed by atoms with Gasteiger partial charge in [0.25, 0.3) is 0 Å². The van der Waals surface area contributed by atoms with Gasteiger partial charge >= 0.3 is 0 Å². The van der Waals surface area contributed by atoms with Crippen molar-refractivity contribution in [3.63, 3.8) is 0 Å². The molecule has 2 saturated heterocycles. The van der Waals surface area contributed by atoms with Crippen LogP contribution in [0.4, 0.5) is 0 Å². The zero-order valence-electron chi connectivity index (χ0n) is 12.7. The molecular weight excluding hydrogens is 272 g/mol. The Hall–Kier alpha value is -0.260. The van der Waals surface area contributed by atoms with Crippen LogP contribution in [0.5, 0.6) is 0 Å². The molecule has 116 valence electrons. The third kappa shape index (κ3) is 4.12. The second-order valence-corrected chi connectivity index (χ2v) is 7.62. The zero-order chi connectivity index (χ0) is 14.6. The highest BCUT2D eigenvalue weighted by Crippen LogP contribution is 2.26. The first-order chi connectivity index (χ1) is 9.52. The van der Waals surface area contributed by atoms with Crippen molar-refractivity contribution in [1.82, 2.24) is 10.2 Å². The van der Waals surface area contributed by atoms with Crippen molar-refractivity contribution in [2.24, 2.45) is 0 Å². The van der Waals surface area contributed by atoms with Gasteiger partial charge in [0.2, 0.25) is 5.91 Å². The van der Waals surface area contributed by atoms with Crippen molar-refractivity contribution in [3.8, 4) is 0 Å². The third-order valence-electron chi connectivity index (χ3n) is 4.53. The van der Waals surface area contributed by atoms with Crippen molar-refractivity contribution in [2.45, 2.75) is 63.6 Å². The Morgan fingerprint density at radius 2 is 2.10 bits per heavy atom. The van der Waals surface area contributed by atoms with Crippen molar-refractivity contribution >= 4 is 17.7 Å². The minimum absolute atomic E-state index is 0.00897. The fraction of sp³-hybridized carbons (Fsp3) is 0.933. The molecule has 4 nitrogen and oxygen atoms in total. The number of carbonyl (C=O) groups is 1. The zero-order valence-corrected chi connectivity index (χ0v) is 13.5. The molecule has 2 fully saturated rings. The maximum absolute atomic E-state index is 12.4. The first-order valence-electron chi connectivity index (χ1n) is 7.85. The summed E-state index contributed by atoms with van der Waals surface area (Å²) in [7, 11) is 0. The Bertz CT molecular complexity index is 330. The molecule has 0 aromatic carbocycles. The molecule has 2 heterocycles. The minimum Gasteiger partial charge on any atom is -0.388 e. The molecule has 2 rings (SSSR count). The number of nitrogens with one attached hydrogen (secondary N) is 1. The summed E-state index contributed by atoms with van der Waals surface area (Å²) in [5, 5.41) is 13.5. The fourth-order valence-electron chi connectivity index (χ4n) is 3.15. The number of amides is 1. The molecule has 1 amide bonds. The molecule has 20 heavy (non-hydrogen) atoms. The van der Waals surface area contributed by atoms with E-state index in [1.807, 2.05) is 11.8 Å².